The van der Waals surface area contributed by atoms with E-state index in [-0.39, 0.29) is 17.8 Å². The Balaban J connectivity index is 1.68. The number of fused-ring (bicyclic) bond motifs is 1. The highest BCUT2D eigenvalue weighted by Crippen LogP contribution is 2.44. The molecule has 172 valence electrons. The Bertz CT molecular complexity index is 1280. The van der Waals surface area contributed by atoms with Crippen LogP contribution < -0.4 is 20.1 Å². The molecule has 0 amide bonds. The van der Waals surface area contributed by atoms with Crippen molar-refractivity contribution in [2.24, 2.45) is 5.73 Å². The summed E-state index contributed by atoms with van der Waals surface area (Å²) in [5.74, 6) is -0.00296. The van der Waals surface area contributed by atoms with Crippen LogP contribution in [0.2, 0.25) is 0 Å². The fourth-order valence-corrected chi connectivity index (χ4v) is 4.23. The molecule has 0 spiro atoms. The van der Waals surface area contributed by atoms with Gasteiger partial charge in [-0.3, -0.25) is 4.79 Å². The van der Waals surface area contributed by atoms with Gasteiger partial charge in [0.2, 0.25) is 5.88 Å². The third kappa shape index (κ3) is 4.46. The van der Waals surface area contributed by atoms with E-state index in [0.717, 1.165) is 22.4 Å². The van der Waals surface area contributed by atoms with Crippen molar-refractivity contribution in [3.8, 4) is 17.6 Å². The molecule has 1 heterocycles. The number of nitrogens with two attached hydrogens (primary N) is 1. The molecule has 3 aromatic rings. The number of nitriles is 1. The molecule has 34 heavy (non-hydrogen) atoms. The van der Waals surface area contributed by atoms with Crippen LogP contribution in [-0.4, -0.2) is 20.1 Å². The molecule has 2 unspecified atom stereocenters. The average molecular weight is 454 g/mol. The van der Waals surface area contributed by atoms with E-state index in [1.54, 1.807) is 12.1 Å². The number of esters is 1. The lowest BCUT2D eigenvalue weighted by Crippen LogP contribution is -2.22. The van der Waals surface area contributed by atoms with E-state index in [4.69, 9.17) is 15.2 Å². The van der Waals surface area contributed by atoms with E-state index in [1.165, 1.54) is 0 Å². The summed E-state index contributed by atoms with van der Waals surface area (Å²) in [5.41, 5.74) is 9.96. The molecule has 0 fully saturated rings. The third-order valence-electron chi connectivity index (χ3n) is 6.02. The van der Waals surface area contributed by atoms with Gasteiger partial charge in [0.1, 0.15) is 23.1 Å². The topological polar surface area (TPSA) is 88.6 Å². The molecule has 6 heteroatoms. The summed E-state index contributed by atoms with van der Waals surface area (Å²) in [4.78, 5) is 14.9. The lowest BCUT2D eigenvalue weighted by molar-refractivity contribution is -0.136. The third-order valence-corrected chi connectivity index (χ3v) is 6.02. The Kier molecular flexibility index (Phi) is 6.55. The van der Waals surface area contributed by atoms with Crippen molar-refractivity contribution in [2.45, 2.75) is 25.2 Å². The van der Waals surface area contributed by atoms with Crippen LogP contribution in [0, 0.1) is 11.3 Å². The van der Waals surface area contributed by atoms with Gasteiger partial charge in [-0.2, -0.15) is 5.26 Å². The summed E-state index contributed by atoms with van der Waals surface area (Å²) in [7, 11) is 3.89. The van der Waals surface area contributed by atoms with E-state index in [2.05, 4.69) is 6.07 Å². The highest BCUT2D eigenvalue weighted by Gasteiger charge is 2.31. The first-order chi connectivity index (χ1) is 16.4. The number of nitrogens with zero attached hydrogens (tertiary/aromatic N) is 2. The summed E-state index contributed by atoms with van der Waals surface area (Å²) in [6.07, 6.45) is 0.627. The summed E-state index contributed by atoms with van der Waals surface area (Å²) < 4.78 is 11.6. The van der Waals surface area contributed by atoms with Crippen molar-refractivity contribution in [3.05, 3.63) is 101 Å². The van der Waals surface area contributed by atoms with Gasteiger partial charge < -0.3 is 20.1 Å². The number of rotatable bonds is 6. The first-order valence-electron chi connectivity index (χ1n) is 11.2. The molecule has 1 aliphatic heterocycles. The molecule has 4 rings (SSSR count). The molecule has 2 atom stereocenters. The highest BCUT2D eigenvalue weighted by atomic mass is 16.5. The Morgan fingerprint density at radius 2 is 1.88 bits per heavy atom. The standard InChI is InChI=1S/C28H27N3O3/c1-4-22(18-9-6-5-7-10-18)28(32)33-21-12-8-11-19(15-21)26-23-14-13-20(31(2)3)16-25(23)34-27(30)24(26)17-29/h5-16,22,26H,4,30H2,1-3H3. The quantitative estimate of drug-likeness (QED) is 0.414. The molecule has 0 aliphatic carbocycles. The van der Waals surface area contributed by atoms with E-state index in [1.807, 2.05) is 86.6 Å². The fourth-order valence-electron chi connectivity index (χ4n) is 4.23. The molecule has 0 bridgehead atoms. The molecule has 0 radical (unpaired) electrons. The summed E-state index contributed by atoms with van der Waals surface area (Å²) in [6, 6.07) is 24.9. The molecule has 1 aliphatic rings. The predicted octanol–water partition coefficient (Wildman–Crippen LogP) is 5.07. The number of anilines is 1. The van der Waals surface area contributed by atoms with Crippen molar-refractivity contribution in [3.63, 3.8) is 0 Å². The molecule has 0 aromatic heterocycles. The van der Waals surface area contributed by atoms with Crippen molar-refractivity contribution in [1.29, 1.82) is 5.26 Å². The summed E-state index contributed by atoms with van der Waals surface area (Å²) in [6.45, 7) is 1.96. The van der Waals surface area contributed by atoms with Gasteiger partial charge in [-0.15, -0.1) is 0 Å². The minimum absolute atomic E-state index is 0.0772. The SMILES string of the molecule is CCC(C(=O)Oc1cccc(C2C(C#N)=C(N)Oc3cc(N(C)C)ccc32)c1)c1ccccc1. The number of allylic oxidation sites excluding steroid dienone is 1. The van der Waals surface area contributed by atoms with Crippen LogP contribution >= 0.6 is 0 Å². The summed E-state index contributed by atoms with van der Waals surface area (Å²) >= 11 is 0. The van der Waals surface area contributed by atoms with Crippen LogP contribution in [0.3, 0.4) is 0 Å². The van der Waals surface area contributed by atoms with Crippen molar-refractivity contribution >= 4 is 11.7 Å². The maximum absolute atomic E-state index is 13.0. The Labute approximate surface area is 199 Å². The van der Waals surface area contributed by atoms with Crippen LogP contribution in [0.4, 0.5) is 5.69 Å². The molecule has 2 N–H and O–H groups in total. The molecular formula is C28H27N3O3. The van der Waals surface area contributed by atoms with E-state index in [0.29, 0.717) is 23.5 Å². The Morgan fingerprint density at radius 3 is 2.56 bits per heavy atom. The second kappa shape index (κ2) is 9.72. The second-order valence-electron chi connectivity index (χ2n) is 8.41. The van der Waals surface area contributed by atoms with Gasteiger partial charge in [-0.25, -0.2) is 0 Å². The van der Waals surface area contributed by atoms with Crippen molar-refractivity contribution in [1.82, 2.24) is 0 Å². The van der Waals surface area contributed by atoms with E-state index < -0.39 is 5.92 Å². The number of hydrogen-bond donors (Lipinski definition) is 1. The Hall–Kier alpha value is -4.24. The predicted molar refractivity (Wildman–Crippen MR) is 132 cm³/mol. The number of hydrogen-bond acceptors (Lipinski definition) is 6. The lowest BCUT2D eigenvalue weighted by Gasteiger charge is -2.28. The summed E-state index contributed by atoms with van der Waals surface area (Å²) in [5, 5.41) is 9.85. The smallest absolute Gasteiger partial charge is 0.318 e. The van der Waals surface area contributed by atoms with Crippen LogP contribution in [0.1, 0.15) is 41.9 Å². The highest BCUT2D eigenvalue weighted by molar-refractivity contribution is 5.80. The van der Waals surface area contributed by atoms with Crippen molar-refractivity contribution in [2.75, 3.05) is 19.0 Å². The van der Waals surface area contributed by atoms with Crippen LogP contribution in [0.5, 0.6) is 11.5 Å². The largest absolute Gasteiger partial charge is 0.440 e. The minimum Gasteiger partial charge on any atom is -0.440 e. The zero-order valence-electron chi connectivity index (χ0n) is 19.5. The van der Waals surface area contributed by atoms with Crippen molar-refractivity contribution < 1.29 is 14.3 Å². The number of ether oxygens (including phenoxy) is 2. The zero-order chi connectivity index (χ0) is 24.2. The van der Waals surface area contributed by atoms with Gasteiger partial charge in [-0.1, -0.05) is 55.5 Å². The van der Waals surface area contributed by atoms with Crippen LogP contribution in [0.25, 0.3) is 0 Å². The van der Waals surface area contributed by atoms with Gasteiger partial charge in [0.15, 0.2) is 0 Å². The second-order valence-corrected chi connectivity index (χ2v) is 8.41. The van der Waals surface area contributed by atoms with Gasteiger partial charge in [0.25, 0.3) is 0 Å². The van der Waals surface area contributed by atoms with Gasteiger partial charge >= 0.3 is 5.97 Å². The minimum atomic E-state index is -0.431. The maximum atomic E-state index is 13.0. The molecule has 3 aromatic carbocycles. The monoisotopic (exact) mass is 453 g/mol. The number of benzene rings is 3. The zero-order valence-corrected chi connectivity index (χ0v) is 19.5. The van der Waals surface area contributed by atoms with Gasteiger partial charge in [0, 0.05) is 31.4 Å². The van der Waals surface area contributed by atoms with Gasteiger partial charge in [-0.05, 0) is 35.7 Å². The molecule has 6 nitrogen and oxygen atoms in total. The number of carbonyl (C=O) groups excluding carboxylic acids is 1. The first-order valence-corrected chi connectivity index (χ1v) is 11.2. The van der Waals surface area contributed by atoms with Gasteiger partial charge in [0.05, 0.1) is 11.8 Å². The maximum Gasteiger partial charge on any atom is 0.318 e. The molecule has 0 saturated heterocycles. The number of carbonyl (C=O) groups is 1. The normalized spacial score (nSPS) is 15.5. The molecule has 0 saturated carbocycles. The Morgan fingerprint density at radius 1 is 1.12 bits per heavy atom. The average Bonchev–Trinajstić information content (AvgIpc) is 2.84. The van der Waals surface area contributed by atoms with E-state index in [9.17, 15) is 10.1 Å². The van der Waals surface area contributed by atoms with E-state index >= 15 is 0 Å². The fraction of sp³-hybridized carbons (Fsp3) is 0.214. The molecular weight excluding hydrogens is 426 g/mol. The first kappa shape index (κ1) is 22.9. The van der Waals surface area contributed by atoms with Crippen LogP contribution in [0.15, 0.2) is 84.3 Å². The van der Waals surface area contributed by atoms with Crippen LogP contribution in [-0.2, 0) is 4.79 Å². The lowest BCUT2D eigenvalue weighted by atomic mass is 9.83.